The Labute approximate surface area is 123 Å². The van der Waals surface area contributed by atoms with Crippen LogP contribution in [-0.2, 0) is 16.0 Å². The van der Waals surface area contributed by atoms with Gasteiger partial charge < -0.3 is 21.1 Å². The summed E-state index contributed by atoms with van der Waals surface area (Å²) in [5, 5.41) is 11.9. The lowest BCUT2D eigenvalue weighted by atomic mass is 9.73. The number of nitrogens with one attached hydrogen (secondary N) is 2. The summed E-state index contributed by atoms with van der Waals surface area (Å²) in [5.74, 6) is -1.29. The van der Waals surface area contributed by atoms with E-state index in [2.05, 4.69) is 15.3 Å². The first kappa shape index (κ1) is 15.5. The van der Waals surface area contributed by atoms with Crippen molar-refractivity contribution in [3.05, 3.63) is 18.2 Å². The lowest BCUT2D eigenvalue weighted by Crippen LogP contribution is -2.52. The average Bonchev–Trinajstić information content (AvgIpc) is 3.00. The van der Waals surface area contributed by atoms with E-state index < -0.39 is 17.4 Å². The summed E-state index contributed by atoms with van der Waals surface area (Å²) in [6.07, 6.45) is 7.70. The van der Waals surface area contributed by atoms with Crippen LogP contribution < -0.4 is 11.1 Å². The van der Waals surface area contributed by atoms with Crippen LogP contribution in [0, 0.1) is 5.41 Å². The number of carboxylic acids is 1. The molecule has 0 radical (unpaired) electrons. The van der Waals surface area contributed by atoms with Crippen molar-refractivity contribution < 1.29 is 14.7 Å². The van der Waals surface area contributed by atoms with Crippen molar-refractivity contribution in [2.45, 2.75) is 44.6 Å². The van der Waals surface area contributed by atoms with Gasteiger partial charge in [-0.2, -0.15) is 0 Å². The highest BCUT2D eigenvalue weighted by Crippen LogP contribution is 2.35. The molecule has 1 atom stereocenters. The summed E-state index contributed by atoms with van der Waals surface area (Å²) >= 11 is 0. The van der Waals surface area contributed by atoms with Gasteiger partial charge in [0.1, 0.15) is 6.04 Å². The molecule has 0 spiro atoms. The van der Waals surface area contributed by atoms with Gasteiger partial charge in [0.15, 0.2) is 0 Å². The van der Waals surface area contributed by atoms with Gasteiger partial charge in [0, 0.05) is 24.9 Å². The molecule has 1 saturated carbocycles. The first-order chi connectivity index (χ1) is 10.1. The molecule has 1 unspecified atom stereocenters. The summed E-state index contributed by atoms with van der Waals surface area (Å²) in [4.78, 5) is 30.6. The number of carboxylic acid groups (broad SMARTS) is 1. The van der Waals surface area contributed by atoms with Crippen LogP contribution in [0.25, 0.3) is 0 Å². The number of carbonyl (C=O) groups excluding carboxylic acids is 1. The van der Waals surface area contributed by atoms with Gasteiger partial charge in [-0.05, 0) is 12.8 Å². The molecule has 21 heavy (non-hydrogen) atoms. The molecule has 0 aliphatic heterocycles. The van der Waals surface area contributed by atoms with Crippen LogP contribution in [0.4, 0.5) is 0 Å². The van der Waals surface area contributed by atoms with Gasteiger partial charge in [-0.15, -0.1) is 0 Å². The number of hydrogen-bond donors (Lipinski definition) is 4. The largest absolute Gasteiger partial charge is 0.480 e. The van der Waals surface area contributed by atoms with Gasteiger partial charge in [-0.25, -0.2) is 9.78 Å². The molecule has 1 fully saturated rings. The quantitative estimate of drug-likeness (QED) is 0.606. The Morgan fingerprint density at radius 1 is 1.43 bits per heavy atom. The number of imidazole rings is 1. The number of H-pyrrole nitrogens is 1. The number of amides is 1. The minimum atomic E-state index is -1.05. The molecule has 116 valence electrons. The van der Waals surface area contributed by atoms with E-state index in [0.717, 1.165) is 32.1 Å². The Morgan fingerprint density at radius 2 is 2.14 bits per heavy atom. The fourth-order valence-electron chi connectivity index (χ4n) is 2.88. The summed E-state index contributed by atoms with van der Waals surface area (Å²) in [6.45, 7) is 0.259. The third-order valence-corrected chi connectivity index (χ3v) is 4.27. The molecule has 0 aromatic carbocycles. The molecule has 1 aliphatic rings. The van der Waals surface area contributed by atoms with E-state index >= 15 is 0 Å². The number of rotatable bonds is 6. The predicted molar refractivity (Wildman–Crippen MR) is 76.4 cm³/mol. The summed E-state index contributed by atoms with van der Waals surface area (Å²) in [6, 6.07) is -0.969. The Bertz CT molecular complexity index is 480. The number of carbonyl (C=O) groups is 2. The smallest absolute Gasteiger partial charge is 0.326 e. The zero-order chi connectivity index (χ0) is 15.3. The van der Waals surface area contributed by atoms with Crippen molar-refractivity contribution in [3.63, 3.8) is 0 Å². The minimum Gasteiger partial charge on any atom is -0.480 e. The van der Waals surface area contributed by atoms with Crippen molar-refractivity contribution in [1.82, 2.24) is 15.3 Å². The molecule has 1 amide bonds. The first-order valence-electron chi connectivity index (χ1n) is 7.28. The predicted octanol–water partition coefficient (Wildman–Crippen LogP) is 0.431. The van der Waals surface area contributed by atoms with Crippen LogP contribution in [0.3, 0.4) is 0 Å². The standard InChI is InChI=1S/C14H22N4O3/c15-8-14(4-2-1-3-5-14)13(21)18-11(12(19)20)6-10-7-16-9-17-10/h7,9,11H,1-6,8,15H2,(H,16,17)(H,18,21)(H,19,20). The highest BCUT2D eigenvalue weighted by molar-refractivity contribution is 5.87. The monoisotopic (exact) mass is 294 g/mol. The van der Waals surface area contributed by atoms with Gasteiger partial charge in [0.2, 0.25) is 5.91 Å². The molecule has 2 rings (SSSR count). The van der Waals surface area contributed by atoms with E-state index in [-0.39, 0.29) is 18.9 Å². The number of aliphatic carboxylic acids is 1. The van der Waals surface area contributed by atoms with E-state index in [1.54, 1.807) is 6.20 Å². The molecule has 0 saturated heterocycles. The molecule has 5 N–H and O–H groups in total. The third-order valence-electron chi connectivity index (χ3n) is 4.27. The Kier molecular flexibility index (Phi) is 4.95. The van der Waals surface area contributed by atoms with E-state index in [0.29, 0.717) is 5.69 Å². The van der Waals surface area contributed by atoms with E-state index in [4.69, 9.17) is 5.73 Å². The van der Waals surface area contributed by atoms with Gasteiger partial charge in [-0.1, -0.05) is 19.3 Å². The Hall–Kier alpha value is -1.89. The van der Waals surface area contributed by atoms with Crippen LogP contribution in [0.15, 0.2) is 12.5 Å². The molecule has 1 aromatic heterocycles. The Morgan fingerprint density at radius 3 is 2.67 bits per heavy atom. The summed E-state index contributed by atoms with van der Waals surface area (Å²) in [5.41, 5.74) is 5.87. The van der Waals surface area contributed by atoms with Crippen LogP contribution in [0.5, 0.6) is 0 Å². The van der Waals surface area contributed by atoms with Crippen molar-refractivity contribution in [2.24, 2.45) is 11.1 Å². The van der Waals surface area contributed by atoms with Gasteiger partial charge in [-0.3, -0.25) is 4.79 Å². The molecular formula is C14H22N4O3. The van der Waals surface area contributed by atoms with Gasteiger partial charge in [0.05, 0.1) is 11.7 Å². The topological polar surface area (TPSA) is 121 Å². The molecule has 0 bridgehead atoms. The highest BCUT2D eigenvalue weighted by Gasteiger charge is 2.39. The molecular weight excluding hydrogens is 272 g/mol. The maximum absolute atomic E-state index is 12.5. The lowest BCUT2D eigenvalue weighted by molar-refractivity contribution is -0.144. The number of nitrogens with zero attached hydrogens (tertiary/aromatic N) is 1. The summed E-state index contributed by atoms with van der Waals surface area (Å²) < 4.78 is 0. The normalized spacial score (nSPS) is 18.9. The van der Waals surface area contributed by atoms with E-state index in [9.17, 15) is 14.7 Å². The first-order valence-corrected chi connectivity index (χ1v) is 7.28. The molecule has 1 aliphatic carbocycles. The fraction of sp³-hybridized carbons (Fsp3) is 0.643. The van der Waals surface area contributed by atoms with E-state index in [1.165, 1.54) is 6.33 Å². The molecule has 7 heteroatoms. The third kappa shape index (κ3) is 3.60. The molecule has 7 nitrogen and oxygen atoms in total. The van der Waals surface area contributed by atoms with Crippen molar-refractivity contribution >= 4 is 11.9 Å². The van der Waals surface area contributed by atoms with Crippen molar-refractivity contribution in [1.29, 1.82) is 0 Å². The van der Waals surface area contributed by atoms with Crippen molar-refractivity contribution in [3.8, 4) is 0 Å². The zero-order valence-electron chi connectivity index (χ0n) is 12.0. The second kappa shape index (κ2) is 6.71. The fourth-order valence-corrected chi connectivity index (χ4v) is 2.88. The molecule has 1 aromatic rings. The summed E-state index contributed by atoms with van der Waals surface area (Å²) in [7, 11) is 0. The lowest BCUT2D eigenvalue weighted by Gasteiger charge is -2.35. The number of aromatic nitrogens is 2. The van der Waals surface area contributed by atoms with Crippen LogP contribution in [0.2, 0.25) is 0 Å². The second-order valence-electron chi connectivity index (χ2n) is 5.69. The molecule has 1 heterocycles. The zero-order valence-corrected chi connectivity index (χ0v) is 12.0. The minimum absolute atomic E-state index is 0.182. The van der Waals surface area contributed by atoms with Crippen LogP contribution >= 0.6 is 0 Å². The highest BCUT2D eigenvalue weighted by atomic mass is 16.4. The van der Waals surface area contributed by atoms with Crippen LogP contribution in [-0.4, -0.2) is 39.5 Å². The van der Waals surface area contributed by atoms with Gasteiger partial charge >= 0.3 is 5.97 Å². The van der Waals surface area contributed by atoms with Crippen molar-refractivity contribution in [2.75, 3.05) is 6.54 Å². The maximum Gasteiger partial charge on any atom is 0.326 e. The average molecular weight is 294 g/mol. The van der Waals surface area contributed by atoms with Gasteiger partial charge in [0.25, 0.3) is 0 Å². The van der Waals surface area contributed by atoms with Crippen LogP contribution in [0.1, 0.15) is 37.8 Å². The number of nitrogens with two attached hydrogens (primary N) is 1. The number of aromatic amines is 1. The Balaban J connectivity index is 2.05. The SMILES string of the molecule is NCC1(C(=O)NC(Cc2cnc[nH]2)C(=O)O)CCCCC1. The second-order valence-corrected chi connectivity index (χ2v) is 5.69. The maximum atomic E-state index is 12.5. The van der Waals surface area contributed by atoms with E-state index in [1.807, 2.05) is 0 Å². The number of hydrogen-bond acceptors (Lipinski definition) is 4.